The van der Waals surface area contributed by atoms with Crippen molar-refractivity contribution in [3.05, 3.63) is 72.6 Å². The fourth-order valence-corrected chi connectivity index (χ4v) is 4.85. The van der Waals surface area contributed by atoms with Gasteiger partial charge < -0.3 is 10.6 Å². The lowest BCUT2D eigenvalue weighted by molar-refractivity contribution is 0.341. The third-order valence-electron chi connectivity index (χ3n) is 6.73. The highest BCUT2D eigenvalue weighted by Crippen LogP contribution is 2.63. The molecule has 3 aromatic heterocycles. The average molecular weight is 414 g/mol. The van der Waals surface area contributed by atoms with Crippen LogP contribution < -0.4 is 10.6 Å². The van der Waals surface area contributed by atoms with Crippen LogP contribution in [0.15, 0.2) is 61.1 Å². The predicted octanol–water partition coefficient (Wildman–Crippen LogP) is 4.56. The van der Waals surface area contributed by atoms with Crippen molar-refractivity contribution in [3.8, 4) is 5.69 Å². The van der Waals surface area contributed by atoms with E-state index in [0.717, 1.165) is 24.0 Å². The minimum Gasteiger partial charge on any atom is -0.338 e. The van der Waals surface area contributed by atoms with E-state index < -0.39 is 0 Å². The summed E-state index contributed by atoms with van der Waals surface area (Å²) in [7, 11) is 0. The first-order valence-corrected chi connectivity index (χ1v) is 10.7. The van der Waals surface area contributed by atoms with Crippen molar-refractivity contribution in [3.63, 3.8) is 0 Å². The monoisotopic (exact) mass is 414 g/mol. The molecule has 1 atom stereocenters. The molecule has 2 fully saturated rings. The second kappa shape index (κ2) is 7.13. The molecule has 0 unspecified atom stereocenters. The van der Waals surface area contributed by atoms with Crippen LogP contribution in [0, 0.1) is 11.2 Å². The molecule has 31 heavy (non-hydrogen) atoms. The predicted molar refractivity (Wildman–Crippen MR) is 118 cm³/mol. The van der Waals surface area contributed by atoms with Crippen LogP contribution in [0.3, 0.4) is 0 Å². The van der Waals surface area contributed by atoms with Crippen LogP contribution in [0.4, 0.5) is 15.9 Å². The second-order valence-corrected chi connectivity index (χ2v) is 8.61. The largest absolute Gasteiger partial charge is 0.338 e. The molecule has 6 nitrogen and oxygen atoms in total. The molecule has 1 spiro atoms. The van der Waals surface area contributed by atoms with Crippen molar-refractivity contribution < 1.29 is 4.39 Å². The summed E-state index contributed by atoms with van der Waals surface area (Å²) in [5.41, 5.74) is 3.54. The lowest BCUT2D eigenvalue weighted by Gasteiger charge is -2.23. The summed E-state index contributed by atoms with van der Waals surface area (Å²) in [6.45, 7) is 2.21. The summed E-state index contributed by atoms with van der Waals surface area (Å²) in [5.74, 6) is 0.772. The van der Waals surface area contributed by atoms with Gasteiger partial charge in [-0.1, -0.05) is 0 Å². The maximum atomic E-state index is 14.7. The highest BCUT2D eigenvalue weighted by molar-refractivity contribution is 5.81. The molecule has 1 saturated carbocycles. The lowest BCUT2D eigenvalue weighted by Crippen LogP contribution is -2.29. The van der Waals surface area contributed by atoms with Crippen LogP contribution in [0.2, 0.25) is 0 Å². The zero-order chi connectivity index (χ0) is 20.8. The minimum atomic E-state index is -0.359. The quantitative estimate of drug-likeness (QED) is 0.513. The first kappa shape index (κ1) is 18.4. The van der Waals surface area contributed by atoms with Crippen LogP contribution in [0.5, 0.6) is 0 Å². The van der Waals surface area contributed by atoms with Gasteiger partial charge >= 0.3 is 0 Å². The average Bonchev–Trinajstić information content (AvgIpc) is 3.21. The van der Waals surface area contributed by atoms with Gasteiger partial charge in [-0.25, -0.2) is 14.1 Å². The highest BCUT2D eigenvalue weighted by atomic mass is 19.1. The molecule has 7 heteroatoms. The van der Waals surface area contributed by atoms with E-state index in [1.165, 1.54) is 31.0 Å². The zero-order valence-corrected chi connectivity index (χ0v) is 17.1. The van der Waals surface area contributed by atoms with E-state index in [0.29, 0.717) is 28.5 Å². The smallest absolute Gasteiger partial charge is 0.148 e. The van der Waals surface area contributed by atoms with E-state index in [4.69, 9.17) is 4.98 Å². The molecule has 2 N–H and O–H groups in total. The molecule has 2 aliphatic rings. The Bertz CT molecular complexity index is 1250. The van der Waals surface area contributed by atoms with Gasteiger partial charge in [0, 0.05) is 47.7 Å². The van der Waals surface area contributed by atoms with Gasteiger partial charge in [0.15, 0.2) is 0 Å². The first-order chi connectivity index (χ1) is 15.2. The molecular weight excluding hydrogens is 391 g/mol. The van der Waals surface area contributed by atoms with E-state index >= 15 is 0 Å². The number of benzene rings is 1. The standard InChI is InChI=1S/C24H23FN6/c25-19-12-17(31-11-1-8-28-31)3-5-21(19)30-23-13-22-16(15-27-23)2-4-20(29-22)18-14-24(18)6-9-26-10-7-24/h1-5,8,11-13,15,18,26H,6-7,9-10,14H2,(H,27,30)/t18-/m0/s1. The molecule has 1 aliphatic heterocycles. The summed E-state index contributed by atoms with van der Waals surface area (Å²) in [4.78, 5) is 9.40. The van der Waals surface area contributed by atoms with Crippen LogP contribution in [0.25, 0.3) is 16.6 Å². The van der Waals surface area contributed by atoms with Crippen LogP contribution in [-0.2, 0) is 0 Å². The Morgan fingerprint density at radius 3 is 2.84 bits per heavy atom. The Morgan fingerprint density at radius 2 is 2.03 bits per heavy atom. The lowest BCUT2D eigenvalue weighted by atomic mass is 9.91. The van der Waals surface area contributed by atoms with Crippen LogP contribution in [-0.4, -0.2) is 32.8 Å². The molecule has 4 heterocycles. The Morgan fingerprint density at radius 1 is 1.13 bits per heavy atom. The number of rotatable bonds is 4. The van der Waals surface area contributed by atoms with Gasteiger partial charge in [0.2, 0.25) is 0 Å². The Kier molecular flexibility index (Phi) is 4.24. The number of aromatic nitrogens is 4. The molecule has 1 saturated heterocycles. The summed E-state index contributed by atoms with van der Waals surface area (Å²) in [6, 6.07) is 12.9. The minimum absolute atomic E-state index is 0.359. The maximum Gasteiger partial charge on any atom is 0.148 e. The maximum absolute atomic E-state index is 14.7. The molecule has 1 aliphatic carbocycles. The van der Waals surface area contributed by atoms with Gasteiger partial charge in [-0.3, -0.25) is 4.98 Å². The zero-order valence-electron chi connectivity index (χ0n) is 17.1. The summed E-state index contributed by atoms with van der Waals surface area (Å²) in [6.07, 6.45) is 8.93. The van der Waals surface area contributed by atoms with Crippen molar-refractivity contribution >= 4 is 22.4 Å². The number of piperidine rings is 1. The summed E-state index contributed by atoms with van der Waals surface area (Å²) < 4.78 is 16.3. The van der Waals surface area contributed by atoms with Crippen LogP contribution >= 0.6 is 0 Å². The molecule has 6 rings (SSSR count). The van der Waals surface area contributed by atoms with Crippen molar-refractivity contribution in [2.24, 2.45) is 5.41 Å². The first-order valence-electron chi connectivity index (χ1n) is 10.7. The van der Waals surface area contributed by atoms with Crippen molar-refractivity contribution in [2.45, 2.75) is 25.2 Å². The molecule has 0 radical (unpaired) electrons. The van der Waals surface area contributed by atoms with E-state index in [9.17, 15) is 4.39 Å². The number of fused-ring (bicyclic) bond motifs is 1. The van der Waals surface area contributed by atoms with Crippen molar-refractivity contribution in [2.75, 3.05) is 18.4 Å². The van der Waals surface area contributed by atoms with Crippen LogP contribution in [0.1, 0.15) is 30.9 Å². The Balaban J connectivity index is 1.26. The summed E-state index contributed by atoms with van der Waals surface area (Å²) in [5, 5.41) is 11.7. The molecular formula is C24H23FN6. The van der Waals surface area contributed by atoms with Gasteiger partial charge in [0.25, 0.3) is 0 Å². The number of hydrogen-bond donors (Lipinski definition) is 2. The van der Waals surface area contributed by atoms with Crippen molar-refractivity contribution in [1.82, 2.24) is 25.1 Å². The molecule has 156 valence electrons. The number of halogens is 1. The van der Waals surface area contributed by atoms with Crippen molar-refractivity contribution in [1.29, 1.82) is 0 Å². The SMILES string of the molecule is Fc1cc(-n2cccn2)ccc1Nc1cc2nc([C@@H]3CC34CCNCC4)ccc2cn1. The van der Waals surface area contributed by atoms with E-state index in [-0.39, 0.29) is 5.82 Å². The number of nitrogens with one attached hydrogen (secondary N) is 2. The van der Waals surface area contributed by atoms with Gasteiger partial charge in [-0.2, -0.15) is 5.10 Å². The second-order valence-electron chi connectivity index (χ2n) is 8.61. The summed E-state index contributed by atoms with van der Waals surface area (Å²) >= 11 is 0. The molecule has 0 amide bonds. The Labute approximate surface area is 179 Å². The van der Waals surface area contributed by atoms with Gasteiger partial charge in [0.1, 0.15) is 11.6 Å². The number of pyridine rings is 2. The number of nitrogens with zero attached hydrogens (tertiary/aromatic N) is 4. The number of anilines is 2. The fourth-order valence-electron chi connectivity index (χ4n) is 4.85. The highest BCUT2D eigenvalue weighted by Gasteiger charge is 2.55. The van der Waals surface area contributed by atoms with Gasteiger partial charge in [-0.05, 0) is 68.1 Å². The van der Waals surface area contributed by atoms with E-state index in [1.807, 2.05) is 12.1 Å². The Hall–Kier alpha value is -3.32. The van der Waals surface area contributed by atoms with E-state index in [2.05, 4.69) is 32.8 Å². The third-order valence-corrected chi connectivity index (χ3v) is 6.73. The third kappa shape index (κ3) is 3.35. The molecule has 0 bridgehead atoms. The number of hydrogen-bond acceptors (Lipinski definition) is 5. The fraction of sp³-hybridized carbons (Fsp3) is 0.292. The molecule has 1 aromatic carbocycles. The topological polar surface area (TPSA) is 67.7 Å². The van der Waals surface area contributed by atoms with Gasteiger partial charge in [0.05, 0.1) is 16.9 Å². The normalized spacial score (nSPS) is 19.6. The van der Waals surface area contributed by atoms with Gasteiger partial charge in [-0.15, -0.1) is 0 Å². The van der Waals surface area contributed by atoms with E-state index in [1.54, 1.807) is 35.4 Å². The molecule has 4 aromatic rings.